The van der Waals surface area contributed by atoms with Crippen LogP contribution in [0.5, 0.6) is 5.75 Å². The Kier molecular flexibility index (Phi) is 6.99. The van der Waals surface area contributed by atoms with Crippen molar-refractivity contribution < 1.29 is 9.47 Å². The summed E-state index contributed by atoms with van der Waals surface area (Å²) in [4.78, 5) is 6.97. The molecule has 31 heavy (non-hydrogen) atoms. The fraction of sp³-hybridized carbons (Fsp3) is 0.440. The maximum Gasteiger partial charge on any atom is 0.123 e. The number of methoxy groups -OCH3 is 1. The first-order valence-corrected chi connectivity index (χ1v) is 11.0. The zero-order valence-corrected chi connectivity index (χ0v) is 18.8. The third-order valence-electron chi connectivity index (χ3n) is 5.77. The van der Waals surface area contributed by atoms with Crippen LogP contribution in [-0.4, -0.2) is 46.0 Å². The molecule has 0 N–H and O–H groups in total. The van der Waals surface area contributed by atoms with Gasteiger partial charge in [-0.25, -0.2) is 0 Å². The van der Waals surface area contributed by atoms with E-state index >= 15 is 0 Å². The highest BCUT2D eigenvalue weighted by Gasteiger charge is 2.20. The highest BCUT2D eigenvalue weighted by Crippen LogP contribution is 2.24. The second kappa shape index (κ2) is 10.1. The minimum atomic E-state index is 0.302. The first-order valence-electron chi connectivity index (χ1n) is 11.0. The summed E-state index contributed by atoms with van der Waals surface area (Å²) >= 11 is 0. The van der Waals surface area contributed by atoms with Gasteiger partial charge in [-0.2, -0.15) is 5.10 Å². The van der Waals surface area contributed by atoms with Gasteiger partial charge >= 0.3 is 0 Å². The fourth-order valence-corrected chi connectivity index (χ4v) is 4.29. The molecule has 2 aromatic heterocycles. The van der Waals surface area contributed by atoms with Crippen molar-refractivity contribution in [2.24, 2.45) is 0 Å². The number of hydrogen-bond acceptors (Lipinski definition) is 5. The number of nitrogens with zero attached hydrogens (tertiary/aromatic N) is 4. The van der Waals surface area contributed by atoms with Crippen LogP contribution in [0.4, 0.5) is 0 Å². The molecule has 3 aromatic rings. The maximum absolute atomic E-state index is 5.92. The molecule has 1 atom stereocenters. The first-order chi connectivity index (χ1) is 15.1. The van der Waals surface area contributed by atoms with Gasteiger partial charge in [0.1, 0.15) is 5.75 Å². The van der Waals surface area contributed by atoms with Gasteiger partial charge in [0.15, 0.2) is 0 Å². The van der Waals surface area contributed by atoms with Crippen molar-refractivity contribution in [2.45, 2.75) is 52.4 Å². The number of ether oxygens (including phenoxy) is 2. The zero-order valence-electron chi connectivity index (χ0n) is 18.8. The Bertz CT molecular complexity index is 980. The number of benzene rings is 1. The number of aryl methyl sites for hydroxylation is 2. The van der Waals surface area contributed by atoms with E-state index in [1.165, 1.54) is 5.56 Å². The highest BCUT2D eigenvalue weighted by molar-refractivity contribution is 5.37. The molecule has 1 unspecified atom stereocenters. The molecule has 1 aromatic carbocycles. The van der Waals surface area contributed by atoms with E-state index in [1.807, 2.05) is 29.9 Å². The van der Waals surface area contributed by atoms with Gasteiger partial charge in [-0.05, 0) is 62.6 Å². The summed E-state index contributed by atoms with van der Waals surface area (Å²) in [6.45, 7) is 8.24. The molecule has 1 aliphatic heterocycles. The Morgan fingerprint density at radius 2 is 2.06 bits per heavy atom. The lowest BCUT2D eigenvalue weighted by atomic mass is 10.1. The second-order valence-corrected chi connectivity index (χ2v) is 8.36. The molecule has 0 radical (unpaired) electrons. The Balaban J connectivity index is 1.54. The quantitative estimate of drug-likeness (QED) is 0.521. The topological polar surface area (TPSA) is 52.4 Å². The molecule has 164 valence electrons. The number of hydrogen-bond donors (Lipinski definition) is 0. The number of rotatable bonds is 9. The predicted molar refractivity (Wildman–Crippen MR) is 121 cm³/mol. The monoisotopic (exact) mass is 420 g/mol. The van der Waals surface area contributed by atoms with Crippen LogP contribution < -0.4 is 4.74 Å². The van der Waals surface area contributed by atoms with Crippen LogP contribution in [0, 0.1) is 13.8 Å². The summed E-state index contributed by atoms with van der Waals surface area (Å²) in [5.41, 5.74) is 5.66. The molecule has 1 saturated heterocycles. The van der Waals surface area contributed by atoms with Gasteiger partial charge in [0.2, 0.25) is 0 Å². The molecular formula is C25H32N4O2. The lowest BCUT2D eigenvalue weighted by Gasteiger charge is -2.25. The summed E-state index contributed by atoms with van der Waals surface area (Å²) in [6, 6.07) is 14.7. The van der Waals surface area contributed by atoms with Crippen LogP contribution in [0.25, 0.3) is 0 Å². The molecule has 1 aliphatic rings. The van der Waals surface area contributed by atoms with Gasteiger partial charge in [0.05, 0.1) is 31.1 Å². The van der Waals surface area contributed by atoms with Gasteiger partial charge in [-0.1, -0.05) is 12.1 Å². The second-order valence-electron chi connectivity index (χ2n) is 8.36. The molecule has 1 fully saturated rings. The normalized spacial score (nSPS) is 16.2. The van der Waals surface area contributed by atoms with E-state index in [1.54, 1.807) is 7.11 Å². The van der Waals surface area contributed by atoms with Crippen molar-refractivity contribution in [2.75, 3.05) is 20.3 Å². The predicted octanol–water partition coefficient (Wildman–Crippen LogP) is 4.13. The van der Waals surface area contributed by atoms with Gasteiger partial charge in [0.25, 0.3) is 0 Å². The molecule has 0 saturated carbocycles. The van der Waals surface area contributed by atoms with E-state index < -0.39 is 0 Å². The minimum Gasteiger partial charge on any atom is -0.496 e. The van der Waals surface area contributed by atoms with E-state index in [9.17, 15) is 0 Å². The smallest absolute Gasteiger partial charge is 0.123 e. The Hall–Kier alpha value is -2.70. The largest absolute Gasteiger partial charge is 0.496 e. The lowest BCUT2D eigenvalue weighted by Crippen LogP contribution is -2.31. The number of pyridine rings is 1. The van der Waals surface area contributed by atoms with Crippen LogP contribution in [0.1, 0.15) is 41.1 Å². The third-order valence-corrected chi connectivity index (χ3v) is 5.77. The average Bonchev–Trinajstić information content (AvgIpc) is 3.38. The molecule has 0 bridgehead atoms. The van der Waals surface area contributed by atoms with E-state index in [0.29, 0.717) is 12.6 Å². The lowest BCUT2D eigenvalue weighted by molar-refractivity contribution is 0.0674. The Labute approximate surface area is 184 Å². The first kappa shape index (κ1) is 21.5. The Morgan fingerprint density at radius 3 is 2.74 bits per heavy atom. The molecule has 4 rings (SSSR count). The van der Waals surface area contributed by atoms with Crippen LogP contribution >= 0.6 is 0 Å². The Morgan fingerprint density at radius 1 is 1.16 bits per heavy atom. The molecule has 0 amide bonds. The highest BCUT2D eigenvalue weighted by atomic mass is 16.5. The van der Waals surface area contributed by atoms with Gasteiger partial charge in [0, 0.05) is 43.7 Å². The number of aromatic nitrogens is 3. The van der Waals surface area contributed by atoms with E-state index in [-0.39, 0.29) is 0 Å². The third kappa shape index (κ3) is 5.71. The van der Waals surface area contributed by atoms with E-state index in [4.69, 9.17) is 9.47 Å². The van der Waals surface area contributed by atoms with Crippen molar-refractivity contribution >= 4 is 0 Å². The SMILES string of the molecule is COc1ccc(CN(Cc2ccccn2)CC2CCCO2)cc1Cn1nc(C)cc1C. The summed E-state index contributed by atoms with van der Waals surface area (Å²) < 4.78 is 13.6. The summed E-state index contributed by atoms with van der Waals surface area (Å²) in [5, 5.41) is 4.62. The standard InChI is InChI=1S/C25H32N4O2/c1-19-13-20(2)29(27-19)16-22-14-21(9-10-25(22)30-3)15-28(18-24-8-6-12-31-24)17-23-7-4-5-11-26-23/h4-5,7,9-11,13-14,24H,6,8,12,15-18H2,1-3H3. The summed E-state index contributed by atoms with van der Waals surface area (Å²) in [5.74, 6) is 0.895. The van der Waals surface area contributed by atoms with Crippen molar-refractivity contribution in [1.29, 1.82) is 0 Å². The molecule has 6 heteroatoms. The van der Waals surface area contributed by atoms with Gasteiger partial charge in [-0.3, -0.25) is 14.6 Å². The minimum absolute atomic E-state index is 0.302. The molecule has 3 heterocycles. The zero-order chi connectivity index (χ0) is 21.6. The van der Waals surface area contributed by atoms with Crippen LogP contribution in [0.2, 0.25) is 0 Å². The van der Waals surface area contributed by atoms with Crippen molar-refractivity contribution in [3.05, 3.63) is 76.9 Å². The maximum atomic E-state index is 5.92. The van der Waals surface area contributed by atoms with Crippen molar-refractivity contribution in [3.63, 3.8) is 0 Å². The average molecular weight is 421 g/mol. The van der Waals surface area contributed by atoms with Gasteiger partial charge in [-0.15, -0.1) is 0 Å². The summed E-state index contributed by atoms with van der Waals surface area (Å²) in [6.07, 6.45) is 4.44. The van der Waals surface area contributed by atoms with Gasteiger partial charge < -0.3 is 9.47 Å². The molecular weight excluding hydrogens is 388 g/mol. The fourth-order valence-electron chi connectivity index (χ4n) is 4.29. The summed E-state index contributed by atoms with van der Waals surface area (Å²) in [7, 11) is 1.73. The molecule has 0 aliphatic carbocycles. The van der Waals surface area contributed by atoms with E-state index in [0.717, 1.165) is 67.5 Å². The van der Waals surface area contributed by atoms with Crippen molar-refractivity contribution in [1.82, 2.24) is 19.7 Å². The molecule has 0 spiro atoms. The van der Waals surface area contributed by atoms with Crippen LogP contribution in [0.3, 0.4) is 0 Å². The van der Waals surface area contributed by atoms with E-state index in [2.05, 4.69) is 52.2 Å². The van der Waals surface area contributed by atoms with Crippen molar-refractivity contribution in [3.8, 4) is 5.75 Å². The van der Waals surface area contributed by atoms with Crippen LogP contribution in [0.15, 0.2) is 48.7 Å². The molecule has 6 nitrogen and oxygen atoms in total. The van der Waals surface area contributed by atoms with Crippen LogP contribution in [-0.2, 0) is 24.4 Å².